The minimum atomic E-state index is -0.0784. The Labute approximate surface area is 171 Å². The van der Waals surface area contributed by atoms with Crippen LogP contribution in [0.3, 0.4) is 0 Å². The highest BCUT2D eigenvalue weighted by molar-refractivity contribution is 7.99. The molecule has 1 saturated carbocycles. The molecule has 0 aromatic heterocycles. The molecular weight excluding hydrogens is 356 g/mol. The molecule has 1 aliphatic rings. The zero-order chi connectivity index (χ0) is 19.7. The van der Waals surface area contributed by atoms with Crippen LogP contribution in [0.5, 0.6) is 0 Å². The molecule has 0 amide bonds. The Morgan fingerprint density at radius 1 is 0.963 bits per heavy atom. The topological polar surface area (TPSA) is 43.4 Å². The number of esters is 1. The van der Waals surface area contributed by atoms with Crippen LogP contribution in [0.2, 0.25) is 0 Å². The number of unbranched alkanes of at least 4 members (excludes halogenated alkanes) is 9. The van der Waals surface area contributed by atoms with Crippen LogP contribution < -0.4 is 0 Å². The first kappa shape index (κ1) is 24.5. The predicted octanol–water partition coefficient (Wildman–Crippen LogP) is 6.72. The smallest absolute Gasteiger partial charge is 0.305 e. The lowest BCUT2D eigenvalue weighted by Crippen LogP contribution is -2.17. The molecule has 2 atom stereocenters. The minimum Gasteiger partial charge on any atom is -0.466 e. The van der Waals surface area contributed by atoms with E-state index in [0.29, 0.717) is 30.0 Å². The van der Waals surface area contributed by atoms with Gasteiger partial charge < -0.3 is 4.74 Å². The quantitative estimate of drug-likeness (QED) is 0.201. The standard InChI is InChI=1S/C23H42O3S/c1-3-5-6-7-8-11-14-19-27-22-18-17-21(24)20(22)15-12-9-10-13-16-23(25)26-4-2/h20,22H,3-19H2,1-2H3. The summed E-state index contributed by atoms with van der Waals surface area (Å²) in [7, 11) is 0. The lowest BCUT2D eigenvalue weighted by atomic mass is 9.98. The molecule has 1 rings (SSSR count). The molecule has 158 valence electrons. The zero-order valence-corrected chi connectivity index (χ0v) is 18.6. The Kier molecular flexibility index (Phi) is 14.9. The second kappa shape index (κ2) is 16.4. The van der Waals surface area contributed by atoms with Crippen molar-refractivity contribution in [3.05, 3.63) is 0 Å². The van der Waals surface area contributed by atoms with Gasteiger partial charge in [-0.25, -0.2) is 0 Å². The highest BCUT2D eigenvalue weighted by Gasteiger charge is 2.33. The molecule has 0 heterocycles. The summed E-state index contributed by atoms with van der Waals surface area (Å²) in [4.78, 5) is 23.5. The number of thioether (sulfide) groups is 1. The summed E-state index contributed by atoms with van der Waals surface area (Å²) in [5.41, 5.74) is 0. The van der Waals surface area contributed by atoms with Crippen molar-refractivity contribution in [2.24, 2.45) is 5.92 Å². The molecule has 0 aromatic carbocycles. The first-order chi connectivity index (χ1) is 13.2. The van der Waals surface area contributed by atoms with Crippen molar-refractivity contribution in [2.75, 3.05) is 12.4 Å². The van der Waals surface area contributed by atoms with Crippen molar-refractivity contribution in [3.63, 3.8) is 0 Å². The highest BCUT2D eigenvalue weighted by atomic mass is 32.2. The molecule has 0 saturated heterocycles. The van der Waals surface area contributed by atoms with Gasteiger partial charge in [0.2, 0.25) is 0 Å². The first-order valence-corrected chi connectivity index (χ1v) is 12.5. The maximum Gasteiger partial charge on any atom is 0.305 e. The van der Waals surface area contributed by atoms with Crippen LogP contribution >= 0.6 is 11.8 Å². The third-order valence-electron chi connectivity index (χ3n) is 5.57. The van der Waals surface area contributed by atoms with E-state index in [1.165, 1.54) is 50.7 Å². The molecule has 0 aromatic rings. The number of carbonyl (C=O) groups is 2. The van der Waals surface area contributed by atoms with Gasteiger partial charge in [-0.2, -0.15) is 11.8 Å². The van der Waals surface area contributed by atoms with E-state index in [4.69, 9.17) is 4.74 Å². The van der Waals surface area contributed by atoms with E-state index < -0.39 is 0 Å². The number of rotatable bonds is 17. The zero-order valence-electron chi connectivity index (χ0n) is 17.8. The van der Waals surface area contributed by atoms with E-state index in [1.807, 2.05) is 6.92 Å². The summed E-state index contributed by atoms with van der Waals surface area (Å²) in [5.74, 6) is 1.94. The molecule has 0 aliphatic heterocycles. The third-order valence-corrected chi connectivity index (χ3v) is 7.09. The van der Waals surface area contributed by atoms with Gasteiger partial charge in [0.1, 0.15) is 5.78 Å². The summed E-state index contributed by atoms with van der Waals surface area (Å²) < 4.78 is 4.95. The molecule has 3 nitrogen and oxygen atoms in total. The fourth-order valence-electron chi connectivity index (χ4n) is 3.94. The Morgan fingerprint density at radius 2 is 1.63 bits per heavy atom. The van der Waals surface area contributed by atoms with Crippen LogP contribution in [0.4, 0.5) is 0 Å². The number of ketones is 1. The van der Waals surface area contributed by atoms with Gasteiger partial charge >= 0.3 is 5.97 Å². The molecule has 1 aliphatic carbocycles. The number of hydrogen-bond donors (Lipinski definition) is 0. The van der Waals surface area contributed by atoms with Crippen molar-refractivity contribution < 1.29 is 14.3 Å². The summed E-state index contributed by atoms with van der Waals surface area (Å²) >= 11 is 2.06. The second-order valence-corrected chi connectivity index (χ2v) is 9.25. The van der Waals surface area contributed by atoms with Crippen molar-refractivity contribution in [2.45, 2.75) is 115 Å². The van der Waals surface area contributed by atoms with E-state index in [9.17, 15) is 9.59 Å². The largest absolute Gasteiger partial charge is 0.466 e. The molecule has 1 fully saturated rings. The van der Waals surface area contributed by atoms with Gasteiger partial charge in [0.25, 0.3) is 0 Å². The van der Waals surface area contributed by atoms with Crippen LogP contribution in [-0.2, 0) is 14.3 Å². The fraction of sp³-hybridized carbons (Fsp3) is 0.913. The average Bonchev–Trinajstić information content (AvgIpc) is 3.00. The Balaban J connectivity index is 2.05. The van der Waals surface area contributed by atoms with E-state index >= 15 is 0 Å². The lowest BCUT2D eigenvalue weighted by molar-refractivity contribution is -0.143. The molecule has 0 bridgehead atoms. The van der Waals surface area contributed by atoms with Gasteiger partial charge in [0, 0.05) is 24.0 Å². The monoisotopic (exact) mass is 398 g/mol. The highest BCUT2D eigenvalue weighted by Crippen LogP contribution is 2.36. The Morgan fingerprint density at radius 3 is 2.37 bits per heavy atom. The van der Waals surface area contributed by atoms with Crippen LogP contribution in [0.15, 0.2) is 0 Å². The molecule has 27 heavy (non-hydrogen) atoms. The van der Waals surface area contributed by atoms with Crippen molar-refractivity contribution >= 4 is 23.5 Å². The fourth-order valence-corrected chi connectivity index (χ4v) is 5.42. The maximum absolute atomic E-state index is 12.2. The molecular formula is C23H42O3S. The van der Waals surface area contributed by atoms with Crippen LogP contribution in [0.1, 0.15) is 110 Å². The van der Waals surface area contributed by atoms with Gasteiger partial charge in [-0.15, -0.1) is 0 Å². The summed E-state index contributed by atoms with van der Waals surface area (Å²) in [6, 6.07) is 0. The van der Waals surface area contributed by atoms with E-state index in [0.717, 1.165) is 44.9 Å². The third kappa shape index (κ3) is 11.8. The van der Waals surface area contributed by atoms with Crippen molar-refractivity contribution in [1.29, 1.82) is 0 Å². The van der Waals surface area contributed by atoms with Crippen molar-refractivity contribution in [3.8, 4) is 0 Å². The normalized spacial score (nSPS) is 19.6. The lowest BCUT2D eigenvalue weighted by Gasteiger charge is -2.18. The Bertz CT molecular complexity index is 397. The summed E-state index contributed by atoms with van der Waals surface area (Å²) in [5, 5.41) is 0.567. The van der Waals surface area contributed by atoms with Gasteiger partial charge in [0.05, 0.1) is 6.61 Å². The number of ether oxygens (including phenoxy) is 1. The van der Waals surface area contributed by atoms with Crippen LogP contribution in [0, 0.1) is 5.92 Å². The number of hydrogen-bond acceptors (Lipinski definition) is 4. The first-order valence-electron chi connectivity index (χ1n) is 11.5. The number of carbonyl (C=O) groups excluding carboxylic acids is 2. The molecule has 2 unspecified atom stereocenters. The number of Topliss-reactive ketones (excluding diaryl/α,β-unsaturated/α-hetero) is 1. The maximum atomic E-state index is 12.2. The molecule has 4 heteroatoms. The molecule has 0 radical (unpaired) electrons. The van der Waals surface area contributed by atoms with Crippen LogP contribution in [0.25, 0.3) is 0 Å². The summed E-state index contributed by atoms with van der Waals surface area (Å²) in [6.45, 7) is 4.58. The van der Waals surface area contributed by atoms with E-state index in [2.05, 4.69) is 18.7 Å². The van der Waals surface area contributed by atoms with Gasteiger partial charge in [0.15, 0.2) is 0 Å². The summed E-state index contributed by atoms with van der Waals surface area (Å²) in [6.07, 6.45) is 17.2. The second-order valence-electron chi connectivity index (χ2n) is 7.90. The van der Waals surface area contributed by atoms with E-state index in [1.54, 1.807) is 0 Å². The van der Waals surface area contributed by atoms with Crippen molar-refractivity contribution in [1.82, 2.24) is 0 Å². The SMILES string of the molecule is CCCCCCCCCSC1CCC(=O)C1CCCCCCC(=O)OCC. The minimum absolute atomic E-state index is 0.0784. The molecule has 0 N–H and O–H groups in total. The average molecular weight is 399 g/mol. The molecule has 0 spiro atoms. The van der Waals surface area contributed by atoms with Gasteiger partial charge in [-0.1, -0.05) is 64.7 Å². The van der Waals surface area contributed by atoms with Gasteiger partial charge in [-0.05, 0) is 38.4 Å². The van der Waals surface area contributed by atoms with Crippen LogP contribution in [-0.4, -0.2) is 29.4 Å². The Hall–Kier alpha value is -0.510. The van der Waals surface area contributed by atoms with E-state index in [-0.39, 0.29) is 5.97 Å². The van der Waals surface area contributed by atoms with Gasteiger partial charge in [-0.3, -0.25) is 9.59 Å². The predicted molar refractivity (Wildman–Crippen MR) is 116 cm³/mol.